The number of hydrogen-bond donors (Lipinski definition) is 4. The van der Waals surface area contributed by atoms with Crippen molar-refractivity contribution in [1.29, 1.82) is 0 Å². The highest BCUT2D eigenvalue weighted by Gasteiger charge is 2.52. The zero-order valence-electron chi connectivity index (χ0n) is 23.1. The molecule has 2 aromatic carbocycles. The molecule has 2 fully saturated rings. The number of hydrogen-bond acceptors (Lipinski definition) is 9. The van der Waals surface area contributed by atoms with Gasteiger partial charge in [-0.1, -0.05) is 27.2 Å². The van der Waals surface area contributed by atoms with Crippen LogP contribution in [0, 0.1) is 25.5 Å². The lowest BCUT2D eigenvalue weighted by Crippen LogP contribution is -2.63. The van der Waals surface area contributed by atoms with Gasteiger partial charge in [-0.15, -0.1) is 5.10 Å². The minimum atomic E-state index is -1.42. The topological polar surface area (TPSA) is 142 Å². The number of carbonyl (C=O) groups excluding carboxylic acids is 1. The fraction of sp³-hybridized carbons (Fsp3) is 0.464. The van der Waals surface area contributed by atoms with Gasteiger partial charge in [0.25, 0.3) is 5.91 Å². The van der Waals surface area contributed by atoms with Gasteiger partial charge in [0.2, 0.25) is 0 Å². The number of aliphatic hydroxyl groups is 3. The Kier molecular flexibility index (Phi) is 9.04. The van der Waals surface area contributed by atoms with E-state index in [-0.39, 0.29) is 23.4 Å². The quantitative estimate of drug-likeness (QED) is 0.300. The lowest BCUT2D eigenvalue weighted by Gasteiger charge is -2.45. The lowest BCUT2D eigenvalue weighted by molar-refractivity contribution is -0.211. The summed E-state index contributed by atoms with van der Waals surface area (Å²) in [7, 11) is 1.33. The van der Waals surface area contributed by atoms with E-state index in [1.807, 2.05) is 13.0 Å². The molecule has 4 N–H and O–H groups in total. The van der Waals surface area contributed by atoms with E-state index in [1.165, 1.54) is 41.9 Å². The molecule has 0 spiro atoms. The Morgan fingerprint density at radius 1 is 1.21 bits per heavy atom. The molecule has 3 aromatic rings. The molecular formula is C28H32BrF2N5O6. The van der Waals surface area contributed by atoms with E-state index in [0.717, 1.165) is 10.0 Å². The number of carbonyl (C=O) groups is 1. The van der Waals surface area contributed by atoms with Gasteiger partial charge in [0.15, 0.2) is 17.7 Å². The fourth-order valence-corrected chi connectivity index (χ4v) is 6.23. The van der Waals surface area contributed by atoms with E-state index in [4.69, 9.17) is 9.47 Å². The molecule has 5 rings (SSSR count). The summed E-state index contributed by atoms with van der Waals surface area (Å²) in [5.41, 5.74) is 1.35. The molecule has 0 aliphatic carbocycles. The number of amides is 1. The van der Waals surface area contributed by atoms with Crippen LogP contribution in [-0.2, 0) is 14.3 Å². The number of rotatable bonds is 7. The van der Waals surface area contributed by atoms with Crippen molar-refractivity contribution in [1.82, 2.24) is 20.3 Å². The Bertz CT molecular complexity index is 1440. The van der Waals surface area contributed by atoms with Crippen LogP contribution in [0.3, 0.4) is 0 Å². The number of ether oxygens (including phenoxy) is 2. The standard InChI is InChI=1S/C28H32BrF2N5O6/c1-13-6-15(29)8-16(7-13)36(19-9-32-10-20(19)38)28(40)27-26(41-3)24(25(39)21(12-37)42-27)35-11-18(33-34-35)17-5-4-14(2)22(30)23(17)31/h4-8,11,19-21,24-27,32,37-39H,9-10,12H2,1-3H3/t19-,20-,21+,24-,25-,26+,27+/m0/s1. The smallest absolute Gasteiger partial charge is 0.259 e. The first-order chi connectivity index (χ1) is 20.0. The van der Waals surface area contributed by atoms with E-state index in [9.17, 15) is 28.9 Å². The third-order valence-corrected chi connectivity index (χ3v) is 8.23. The first-order valence-corrected chi connectivity index (χ1v) is 14.2. The van der Waals surface area contributed by atoms with Crippen molar-refractivity contribution < 1.29 is 38.4 Å². The third-order valence-electron chi connectivity index (χ3n) is 7.78. The van der Waals surface area contributed by atoms with Gasteiger partial charge in [0.1, 0.15) is 30.0 Å². The van der Waals surface area contributed by atoms with E-state index < -0.39 is 66.8 Å². The molecule has 42 heavy (non-hydrogen) atoms. The largest absolute Gasteiger partial charge is 0.394 e. The lowest BCUT2D eigenvalue weighted by atomic mass is 9.91. The molecule has 14 heteroatoms. The summed E-state index contributed by atoms with van der Waals surface area (Å²) in [6.45, 7) is 3.25. The van der Waals surface area contributed by atoms with Crippen molar-refractivity contribution in [3.8, 4) is 11.3 Å². The van der Waals surface area contributed by atoms with Crippen LogP contribution in [0.1, 0.15) is 17.2 Å². The molecule has 0 saturated carbocycles. The van der Waals surface area contributed by atoms with Gasteiger partial charge in [0.05, 0.1) is 24.9 Å². The summed E-state index contributed by atoms with van der Waals surface area (Å²) in [5.74, 6) is -2.68. The minimum absolute atomic E-state index is 0.00485. The average molecular weight is 652 g/mol. The normalized spacial score (nSPS) is 27.8. The van der Waals surface area contributed by atoms with Crippen molar-refractivity contribution in [2.24, 2.45) is 0 Å². The summed E-state index contributed by atoms with van der Waals surface area (Å²) in [4.78, 5) is 15.8. The van der Waals surface area contributed by atoms with Crippen LogP contribution < -0.4 is 10.2 Å². The molecule has 0 bridgehead atoms. The van der Waals surface area contributed by atoms with Crippen LogP contribution in [0.5, 0.6) is 0 Å². The van der Waals surface area contributed by atoms with E-state index in [2.05, 4.69) is 31.6 Å². The number of β-amino-alcohol motifs (C(OH)–C–C–N with tert-alkyl or cyclic N) is 1. The highest BCUT2D eigenvalue weighted by molar-refractivity contribution is 9.10. The number of anilines is 1. The maximum absolute atomic E-state index is 14.7. The second-order valence-corrected chi connectivity index (χ2v) is 11.5. The van der Waals surface area contributed by atoms with Gasteiger partial charge < -0.3 is 35.0 Å². The summed E-state index contributed by atoms with van der Waals surface area (Å²) in [6, 6.07) is 6.44. The van der Waals surface area contributed by atoms with Crippen molar-refractivity contribution in [3.63, 3.8) is 0 Å². The Labute approximate surface area is 249 Å². The summed E-state index contributed by atoms with van der Waals surface area (Å²) in [5, 5.41) is 43.2. The van der Waals surface area contributed by atoms with Crippen LogP contribution in [0.4, 0.5) is 14.5 Å². The van der Waals surface area contributed by atoms with Gasteiger partial charge in [-0.2, -0.15) is 0 Å². The molecule has 226 valence electrons. The highest BCUT2D eigenvalue weighted by Crippen LogP contribution is 2.36. The number of aromatic nitrogens is 3. The first-order valence-electron chi connectivity index (χ1n) is 13.4. The molecule has 11 nitrogen and oxygen atoms in total. The Morgan fingerprint density at radius 3 is 2.62 bits per heavy atom. The summed E-state index contributed by atoms with van der Waals surface area (Å²) < 4.78 is 42.6. The van der Waals surface area contributed by atoms with Crippen molar-refractivity contribution in [3.05, 3.63) is 63.8 Å². The Morgan fingerprint density at radius 2 is 1.98 bits per heavy atom. The van der Waals surface area contributed by atoms with Gasteiger partial charge in [0, 0.05) is 35.9 Å². The number of nitrogens with zero attached hydrogens (tertiary/aromatic N) is 4. The van der Waals surface area contributed by atoms with Crippen LogP contribution in [0.15, 0.2) is 41.0 Å². The van der Waals surface area contributed by atoms with Gasteiger partial charge in [-0.05, 0) is 49.2 Å². The molecular weight excluding hydrogens is 620 g/mol. The van der Waals surface area contributed by atoms with Crippen molar-refractivity contribution >= 4 is 27.5 Å². The maximum Gasteiger partial charge on any atom is 0.259 e. The molecule has 0 radical (unpaired) electrons. The maximum atomic E-state index is 14.7. The molecule has 2 aliphatic rings. The molecule has 1 aromatic heterocycles. The minimum Gasteiger partial charge on any atom is -0.394 e. The second kappa shape index (κ2) is 12.4. The van der Waals surface area contributed by atoms with Gasteiger partial charge in [-0.3, -0.25) is 4.79 Å². The van der Waals surface area contributed by atoms with E-state index in [0.29, 0.717) is 12.2 Å². The van der Waals surface area contributed by atoms with Crippen LogP contribution in [0.2, 0.25) is 0 Å². The average Bonchev–Trinajstić information content (AvgIpc) is 3.60. The second-order valence-electron chi connectivity index (χ2n) is 10.6. The molecule has 2 aliphatic heterocycles. The molecule has 7 atom stereocenters. The van der Waals surface area contributed by atoms with Crippen molar-refractivity contribution in [2.75, 3.05) is 31.7 Å². The van der Waals surface area contributed by atoms with Crippen LogP contribution in [-0.4, -0.2) is 99.6 Å². The highest BCUT2D eigenvalue weighted by atomic mass is 79.9. The molecule has 1 amide bonds. The first kappa shape index (κ1) is 30.6. The molecule has 0 unspecified atom stereocenters. The number of benzene rings is 2. The molecule has 3 heterocycles. The summed E-state index contributed by atoms with van der Waals surface area (Å²) >= 11 is 3.47. The van der Waals surface area contributed by atoms with Crippen LogP contribution in [0.25, 0.3) is 11.3 Å². The zero-order chi connectivity index (χ0) is 30.3. The van der Waals surface area contributed by atoms with E-state index >= 15 is 0 Å². The van der Waals surface area contributed by atoms with E-state index in [1.54, 1.807) is 12.1 Å². The number of methoxy groups -OCH3 is 1. The van der Waals surface area contributed by atoms with Gasteiger partial charge >= 0.3 is 0 Å². The predicted molar refractivity (Wildman–Crippen MR) is 151 cm³/mol. The molecule has 2 saturated heterocycles. The number of aliphatic hydroxyl groups excluding tert-OH is 3. The van der Waals surface area contributed by atoms with Gasteiger partial charge in [-0.25, -0.2) is 13.5 Å². The number of nitrogens with one attached hydrogen (secondary N) is 1. The number of halogens is 3. The fourth-order valence-electron chi connectivity index (χ4n) is 5.64. The summed E-state index contributed by atoms with van der Waals surface area (Å²) in [6.07, 6.45) is -4.74. The predicted octanol–water partition coefficient (Wildman–Crippen LogP) is 1.65. The SMILES string of the molecule is CO[C@@H]1[C@@H](n2cc(-c3ccc(C)c(F)c3F)nn2)[C@@H](O)[C@@H](CO)O[C@H]1C(=O)N(c1cc(C)cc(Br)c1)[C@H]1CNC[C@@H]1O. The monoisotopic (exact) mass is 651 g/mol. The van der Waals surface area contributed by atoms with Crippen molar-refractivity contribution in [2.45, 2.75) is 56.5 Å². The third kappa shape index (κ3) is 5.60. The number of aryl methyl sites for hydroxylation is 2. The Balaban J connectivity index is 1.55. The Hall–Kier alpha value is -2.85. The van der Waals surface area contributed by atoms with Crippen LogP contribution >= 0.6 is 15.9 Å². The zero-order valence-corrected chi connectivity index (χ0v) is 24.7.